The number of amides is 1. The van der Waals surface area contributed by atoms with Gasteiger partial charge in [-0.25, -0.2) is 9.78 Å². The third-order valence-electron chi connectivity index (χ3n) is 4.67. The van der Waals surface area contributed by atoms with E-state index in [1.807, 2.05) is 42.5 Å². The van der Waals surface area contributed by atoms with Gasteiger partial charge in [0.2, 0.25) is 0 Å². The molecule has 4 rings (SSSR count). The van der Waals surface area contributed by atoms with E-state index in [9.17, 15) is 14.4 Å². The number of pyridine rings is 2. The van der Waals surface area contributed by atoms with Crippen molar-refractivity contribution < 1.29 is 14.3 Å². The average Bonchev–Trinajstić information content (AvgIpc) is 2.79. The molecule has 0 atom stereocenters. The summed E-state index contributed by atoms with van der Waals surface area (Å²) in [6.45, 7) is 0. The third kappa shape index (κ3) is 4.24. The first-order chi connectivity index (χ1) is 15.0. The zero-order chi connectivity index (χ0) is 22.0. The SMILES string of the molecule is COC(=O)c1c[nH]c(=O)c(NC(=O)c2cc(-c3ccc(Br)cc3)nc3ccccc23)c1. The highest BCUT2D eigenvalue weighted by Gasteiger charge is 2.17. The van der Waals surface area contributed by atoms with E-state index in [1.165, 1.54) is 19.4 Å². The predicted octanol–water partition coefficient (Wildman–Crippen LogP) is 4.39. The number of halogens is 1. The number of carbonyl (C=O) groups is 2. The van der Waals surface area contributed by atoms with Gasteiger partial charge in [0.1, 0.15) is 5.69 Å². The Morgan fingerprint density at radius 1 is 1.06 bits per heavy atom. The molecule has 2 aromatic carbocycles. The van der Waals surface area contributed by atoms with Gasteiger partial charge in [0.25, 0.3) is 11.5 Å². The molecule has 2 aromatic heterocycles. The largest absolute Gasteiger partial charge is 0.465 e. The van der Waals surface area contributed by atoms with Crippen LogP contribution in [0.5, 0.6) is 0 Å². The van der Waals surface area contributed by atoms with E-state index in [2.05, 4.69) is 36.0 Å². The van der Waals surface area contributed by atoms with Crippen molar-refractivity contribution in [1.82, 2.24) is 9.97 Å². The van der Waals surface area contributed by atoms with Crippen LogP contribution in [0.4, 0.5) is 5.69 Å². The van der Waals surface area contributed by atoms with Crippen LogP contribution in [0.3, 0.4) is 0 Å². The van der Waals surface area contributed by atoms with Gasteiger partial charge in [-0.1, -0.05) is 46.3 Å². The number of nitrogens with zero attached hydrogens (tertiary/aromatic N) is 1. The van der Waals surface area contributed by atoms with Gasteiger partial charge in [-0.05, 0) is 30.3 Å². The molecule has 2 N–H and O–H groups in total. The molecule has 0 aliphatic heterocycles. The second-order valence-electron chi connectivity index (χ2n) is 6.66. The van der Waals surface area contributed by atoms with Crippen LogP contribution in [-0.4, -0.2) is 29.0 Å². The van der Waals surface area contributed by atoms with Gasteiger partial charge in [0.15, 0.2) is 0 Å². The minimum absolute atomic E-state index is 0.0565. The molecule has 0 unspecified atom stereocenters. The van der Waals surface area contributed by atoms with E-state index in [-0.39, 0.29) is 11.3 Å². The predicted molar refractivity (Wildman–Crippen MR) is 121 cm³/mol. The van der Waals surface area contributed by atoms with E-state index in [1.54, 1.807) is 12.1 Å². The second kappa shape index (κ2) is 8.53. The molecular formula is C23H16BrN3O4. The monoisotopic (exact) mass is 477 g/mol. The smallest absolute Gasteiger partial charge is 0.339 e. The Morgan fingerprint density at radius 2 is 1.81 bits per heavy atom. The second-order valence-corrected chi connectivity index (χ2v) is 7.57. The maximum absolute atomic E-state index is 13.2. The van der Waals surface area contributed by atoms with Crippen molar-refractivity contribution in [2.75, 3.05) is 12.4 Å². The minimum Gasteiger partial charge on any atom is -0.465 e. The van der Waals surface area contributed by atoms with Gasteiger partial charge in [0.05, 0.1) is 29.4 Å². The highest BCUT2D eigenvalue weighted by atomic mass is 79.9. The topological polar surface area (TPSA) is 101 Å². The van der Waals surface area contributed by atoms with Crippen LogP contribution < -0.4 is 10.9 Å². The fourth-order valence-electron chi connectivity index (χ4n) is 3.13. The number of ether oxygens (including phenoxy) is 1. The lowest BCUT2D eigenvalue weighted by atomic mass is 10.0. The summed E-state index contributed by atoms with van der Waals surface area (Å²) in [6.07, 6.45) is 1.23. The summed E-state index contributed by atoms with van der Waals surface area (Å²) in [6, 6.07) is 17.8. The van der Waals surface area contributed by atoms with E-state index in [4.69, 9.17) is 0 Å². The van der Waals surface area contributed by atoms with E-state index in [0.717, 1.165) is 10.0 Å². The maximum atomic E-state index is 13.2. The molecule has 0 aliphatic carbocycles. The molecule has 0 fully saturated rings. The van der Waals surface area contributed by atoms with E-state index >= 15 is 0 Å². The first-order valence-corrected chi connectivity index (χ1v) is 10.0. The van der Waals surface area contributed by atoms with Crippen LogP contribution in [0.15, 0.2) is 76.1 Å². The Balaban J connectivity index is 1.78. The number of rotatable bonds is 4. The first-order valence-electron chi connectivity index (χ1n) is 9.24. The van der Waals surface area contributed by atoms with Crippen molar-refractivity contribution in [3.8, 4) is 11.3 Å². The number of para-hydroxylation sites is 1. The summed E-state index contributed by atoms with van der Waals surface area (Å²) in [4.78, 5) is 44.2. The van der Waals surface area contributed by atoms with Gasteiger partial charge in [0, 0.05) is 21.6 Å². The molecule has 0 saturated carbocycles. The summed E-state index contributed by atoms with van der Waals surface area (Å²) < 4.78 is 5.60. The molecule has 7 nitrogen and oxygen atoms in total. The Kier molecular flexibility index (Phi) is 5.64. The number of fused-ring (bicyclic) bond motifs is 1. The van der Waals surface area contributed by atoms with E-state index in [0.29, 0.717) is 22.2 Å². The van der Waals surface area contributed by atoms with Crippen molar-refractivity contribution in [2.24, 2.45) is 0 Å². The van der Waals surface area contributed by atoms with Crippen molar-refractivity contribution in [2.45, 2.75) is 0 Å². The fourth-order valence-corrected chi connectivity index (χ4v) is 3.40. The molecule has 154 valence electrons. The number of methoxy groups -OCH3 is 1. The lowest BCUT2D eigenvalue weighted by Gasteiger charge is -2.11. The molecule has 4 aromatic rings. The van der Waals surface area contributed by atoms with Crippen molar-refractivity contribution >= 4 is 44.4 Å². The summed E-state index contributed by atoms with van der Waals surface area (Å²) in [5.74, 6) is -1.12. The molecule has 1 amide bonds. The third-order valence-corrected chi connectivity index (χ3v) is 5.20. The number of hydrogen-bond acceptors (Lipinski definition) is 5. The summed E-state index contributed by atoms with van der Waals surface area (Å²) >= 11 is 3.41. The number of nitrogens with one attached hydrogen (secondary N) is 2. The van der Waals surface area contributed by atoms with Gasteiger partial charge in [-0.2, -0.15) is 0 Å². The molecule has 0 bridgehead atoms. The van der Waals surface area contributed by atoms with Crippen molar-refractivity contribution in [3.05, 3.63) is 92.8 Å². The Morgan fingerprint density at radius 3 is 2.55 bits per heavy atom. The van der Waals surface area contributed by atoms with Crippen molar-refractivity contribution in [3.63, 3.8) is 0 Å². The summed E-state index contributed by atoms with van der Waals surface area (Å²) in [5, 5.41) is 3.24. The first kappa shape index (κ1) is 20.5. The number of aromatic nitrogens is 2. The van der Waals surface area contributed by atoms with Gasteiger partial charge >= 0.3 is 5.97 Å². The highest BCUT2D eigenvalue weighted by molar-refractivity contribution is 9.10. The summed E-state index contributed by atoms with van der Waals surface area (Å²) in [7, 11) is 1.23. The molecule has 0 spiro atoms. The fraction of sp³-hybridized carbons (Fsp3) is 0.0435. The van der Waals surface area contributed by atoms with Crippen LogP contribution in [0.2, 0.25) is 0 Å². The zero-order valence-electron chi connectivity index (χ0n) is 16.3. The molecular weight excluding hydrogens is 462 g/mol. The van der Waals surface area contributed by atoms with E-state index < -0.39 is 17.4 Å². The Hall–Kier alpha value is -3.78. The molecule has 0 aliphatic rings. The number of H-pyrrole nitrogens is 1. The summed E-state index contributed by atoms with van der Waals surface area (Å²) in [5.41, 5.74) is 1.98. The van der Waals surface area contributed by atoms with Crippen LogP contribution >= 0.6 is 15.9 Å². The normalized spacial score (nSPS) is 10.6. The van der Waals surface area contributed by atoms with Gasteiger partial charge in [-0.3, -0.25) is 9.59 Å². The maximum Gasteiger partial charge on any atom is 0.339 e. The number of hydrogen-bond donors (Lipinski definition) is 2. The standard InChI is InChI=1S/C23H16BrN3O4/c1-31-23(30)14-10-20(22(29)25-12-14)27-21(28)17-11-19(13-6-8-15(24)9-7-13)26-18-5-3-2-4-16(17)18/h2-12H,1H3,(H,25,29)(H,27,28). The lowest BCUT2D eigenvalue weighted by molar-refractivity contribution is 0.0600. The lowest BCUT2D eigenvalue weighted by Crippen LogP contribution is -2.21. The van der Waals surface area contributed by atoms with Crippen LogP contribution in [-0.2, 0) is 4.74 Å². The average molecular weight is 478 g/mol. The highest BCUT2D eigenvalue weighted by Crippen LogP contribution is 2.26. The van der Waals surface area contributed by atoms with Crippen LogP contribution in [0.1, 0.15) is 20.7 Å². The number of aromatic amines is 1. The quantitative estimate of drug-likeness (QED) is 0.424. The minimum atomic E-state index is -0.626. The van der Waals surface area contributed by atoms with Gasteiger partial charge < -0.3 is 15.0 Å². The number of anilines is 1. The molecule has 0 saturated heterocycles. The Bertz CT molecular complexity index is 1360. The molecule has 31 heavy (non-hydrogen) atoms. The molecule has 2 heterocycles. The van der Waals surface area contributed by atoms with Crippen molar-refractivity contribution in [1.29, 1.82) is 0 Å². The number of carbonyl (C=O) groups excluding carboxylic acids is 2. The Labute approximate surface area is 185 Å². The zero-order valence-corrected chi connectivity index (χ0v) is 17.9. The van der Waals surface area contributed by atoms with Crippen LogP contribution in [0.25, 0.3) is 22.2 Å². The number of esters is 1. The van der Waals surface area contributed by atoms with Crippen LogP contribution in [0, 0.1) is 0 Å². The molecule has 0 radical (unpaired) electrons. The van der Waals surface area contributed by atoms with Gasteiger partial charge in [-0.15, -0.1) is 0 Å². The molecule has 8 heteroatoms. The number of benzene rings is 2.